The molecule has 21 heavy (non-hydrogen) atoms. The van der Waals surface area contributed by atoms with Gasteiger partial charge in [0, 0.05) is 26.2 Å². The molecule has 0 aliphatic carbocycles. The van der Waals surface area contributed by atoms with E-state index >= 15 is 0 Å². The average molecular weight is 311 g/mol. The third-order valence-corrected chi connectivity index (χ3v) is 4.82. The van der Waals surface area contributed by atoms with E-state index in [0.717, 1.165) is 5.01 Å². The van der Waals surface area contributed by atoms with Crippen LogP contribution >= 0.6 is 11.3 Å². The number of aryl methyl sites for hydroxylation is 1. The molecule has 0 unspecified atom stereocenters. The number of thiazole rings is 1. The number of piperazine rings is 1. The molecule has 8 heteroatoms. The molecule has 1 aliphatic heterocycles. The fourth-order valence-electron chi connectivity index (χ4n) is 2.37. The van der Waals surface area contributed by atoms with Crippen molar-refractivity contribution in [2.24, 2.45) is 10.9 Å². The van der Waals surface area contributed by atoms with Gasteiger partial charge in [-0.2, -0.15) is 0 Å². The van der Waals surface area contributed by atoms with E-state index in [4.69, 9.17) is 10.9 Å². The minimum absolute atomic E-state index is 0.0295. The van der Waals surface area contributed by atoms with Gasteiger partial charge in [-0.15, -0.1) is 11.3 Å². The van der Waals surface area contributed by atoms with Crippen LogP contribution in [0.2, 0.25) is 0 Å². The zero-order valence-electron chi connectivity index (χ0n) is 12.5. The van der Waals surface area contributed by atoms with Gasteiger partial charge in [-0.25, -0.2) is 4.98 Å². The second-order valence-electron chi connectivity index (χ2n) is 5.57. The van der Waals surface area contributed by atoms with E-state index in [9.17, 15) is 4.79 Å². The molecule has 0 spiro atoms. The van der Waals surface area contributed by atoms with E-state index in [1.54, 1.807) is 6.20 Å². The van der Waals surface area contributed by atoms with Crippen LogP contribution in [0, 0.1) is 6.92 Å². The third kappa shape index (κ3) is 3.16. The Hall–Kier alpha value is -1.67. The molecule has 2 rings (SSSR count). The van der Waals surface area contributed by atoms with E-state index in [0.29, 0.717) is 31.1 Å². The van der Waals surface area contributed by atoms with Gasteiger partial charge in [0.1, 0.15) is 4.88 Å². The van der Waals surface area contributed by atoms with E-state index < -0.39 is 5.54 Å². The standard InChI is InChI=1S/C13H21N5O2S/c1-9-15-8-10(21-9)11(19)17-4-6-18(7-5-17)13(2,3)12(14)16-20/h8,20H,4-7H2,1-3H3,(H2,14,16). The molecule has 0 radical (unpaired) electrons. The Morgan fingerprint density at radius 3 is 2.52 bits per heavy atom. The number of carbonyl (C=O) groups excluding carboxylic acids is 1. The Labute approximate surface area is 128 Å². The van der Waals surface area contributed by atoms with Crippen molar-refractivity contribution in [3.63, 3.8) is 0 Å². The highest BCUT2D eigenvalue weighted by molar-refractivity contribution is 7.13. The highest BCUT2D eigenvalue weighted by Crippen LogP contribution is 2.20. The highest BCUT2D eigenvalue weighted by atomic mass is 32.1. The lowest BCUT2D eigenvalue weighted by atomic mass is 10.0. The zero-order chi connectivity index (χ0) is 15.6. The molecule has 7 nitrogen and oxygen atoms in total. The molecule has 1 aromatic heterocycles. The van der Waals surface area contributed by atoms with Crippen LogP contribution in [0.3, 0.4) is 0 Å². The van der Waals surface area contributed by atoms with E-state index in [1.807, 2.05) is 25.7 Å². The summed E-state index contributed by atoms with van der Waals surface area (Å²) in [7, 11) is 0. The first-order chi connectivity index (χ1) is 9.86. The lowest BCUT2D eigenvalue weighted by Gasteiger charge is -2.43. The summed E-state index contributed by atoms with van der Waals surface area (Å²) in [5, 5.41) is 12.9. The Morgan fingerprint density at radius 1 is 1.43 bits per heavy atom. The van der Waals surface area contributed by atoms with Crippen LogP contribution in [0.4, 0.5) is 0 Å². The molecule has 0 saturated carbocycles. The van der Waals surface area contributed by atoms with Crippen molar-refractivity contribution in [3.05, 3.63) is 16.1 Å². The lowest BCUT2D eigenvalue weighted by molar-refractivity contribution is 0.0535. The van der Waals surface area contributed by atoms with Crippen LogP contribution < -0.4 is 5.73 Å². The number of amidine groups is 1. The quantitative estimate of drug-likeness (QED) is 0.371. The number of nitrogens with zero attached hydrogens (tertiary/aromatic N) is 4. The van der Waals surface area contributed by atoms with Crippen LogP contribution in [0.5, 0.6) is 0 Å². The number of hydrogen-bond acceptors (Lipinski definition) is 6. The maximum absolute atomic E-state index is 12.3. The van der Waals surface area contributed by atoms with Gasteiger partial charge in [-0.05, 0) is 20.8 Å². The van der Waals surface area contributed by atoms with E-state index in [1.165, 1.54) is 11.3 Å². The third-order valence-electron chi connectivity index (χ3n) is 3.92. The molecule has 2 heterocycles. The number of hydrogen-bond donors (Lipinski definition) is 2. The van der Waals surface area contributed by atoms with Crippen LogP contribution in [-0.2, 0) is 0 Å². The molecule has 116 valence electrons. The number of amides is 1. The van der Waals surface area contributed by atoms with Crippen molar-refractivity contribution in [2.75, 3.05) is 26.2 Å². The predicted molar refractivity (Wildman–Crippen MR) is 81.8 cm³/mol. The number of carbonyl (C=O) groups is 1. The molecule has 1 aromatic rings. The van der Waals surface area contributed by atoms with Crippen molar-refractivity contribution in [3.8, 4) is 0 Å². The second-order valence-corrected chi connectivity index (χ2v) is 6.80. The lowest BCUT2D eigenvalue weighted by Crippen LogP contribution is -2.60. The highest BCUT2D eigenvalue weighted by Gasteiger charge is 2.35. The Kier molecular flexibility index (Phi) is 4.48. The average Bonchev–Trinajstić information content (AvgIpc) is 2.92. The van der Waals surface area contributed by atoms with Gasteiger partial charge < -0.3 is 15.8 Å². The molecule has 3 N–H and O–H groups in total. The summed E-state index contributed by atoms with van der Waals surface area (Å²) in [5.74, 6) is 0.210. The predicted octanol–water partition coefficient (Wildman–Crippen LogP) is 0.734. The first-order valence-corrected chi connectivity index (χ1v) is 7.62. The maximum Gasteiger partial charge on any atom is 0.265 e. The normalized spacial score (nSPS) is 18.0. The van der Waals surface area contributed by atoms with Crippen LogP contribution in [0.25, 0.3) is 0 Å². The van der Waals surface area contributed by atoms with Crippen molar-refractivity contribution in [2.45, 2.75) is 26.3 Å². The number of aromatic nitrogens is 1. The monoisotopic (exact) mass is 311 g/mol. The van der Waals surface area contributed by atoms with Crippen molar-refractivity contribution < 1.29 is 10.0 Å². The maximum atomic E-state index is 12.3. The summed E-state index contributed by atoms with van der Waals surface area (Å²) in [6.45, 7) is 8.33. The van der Waals surface area contributed by atoms with Gasteiger partial charge in [0.2, 0.25) is 0 Å². The van der Waals surface area contributed by atoms with Crippen LogP contribution in [0.15, 0.2) is 11.4 Å². The molecular formula is C13H21N5O2S. The zero-order valence-corrected chi connectivity index (χ0v) is 13.4. The van der Waals surface area contributed by atoms with E-state index in [2.05, 4.69) is 15.0 Å². The SMILES string of the molecule is Cc1ncc(C(=O)N2CCN(C(C)(C)/C(N)=N/O)CC2)s1. The minimum Gasteiger partial charge on any atom is -0.409 e. The van der Waals surface area contributed by atoms with Gasteiger partial charge in [-0.1, -0.05) is 5.16 Å². The number of nitrogens with two attached hydrogens (primary N) is 1. The summed E-state index contributed by atoms with van der Waals surface area (Å²) in [4.78, 5) is 21.1. The molecule has 1 saturated heterocycles. The van der Waals surface area contributed by atoms with Crippen molar-refractivity contribution in [1.82, 2.24) is 14.8 Å². The Bertz CT molecular complexity index is 547. The van der Waals surface area contributed by atoms with Gasteiger partial charge in [0.05, 0.1) is 16.7 Å². The molecule has 1 aliphatic rings. The summed E-state index contributed by atoms with van der Waals surface area (Å²) >= 11 is 1.42. The van der Waals surface area contributed by atoms with Gasteiger partial charge in [0.25, 0.3) is 5.91 Å². The summed E-state index contributed by atoms with van der Waals surface area (Å²) in [6.07, 6.45) is 1.63. The first kappa shape index (κ1) is 15.7. The fraction of sp³-hybridized carbons (Fsp3) is 0.615. The van der Waals surface area contributed by atoms with E-state index in [-0.39, 0.29) is 11.7 Å². The van der Waals surface area contributed by atoms with Gasteiger partial charge >= 0.3 is 0 Å². The second kappa shape index (κ2) is 5.98. The minimum atomic E-state index is -0.523. The molecule has 0 atom stereocenters. The van der Waals surface area contributed by atoms with Gasteiger partial charge in [-0.3, -0.25) is 9.69 Å². The van der Waals surface area contributed by atoms with Crippen molar-refractivity contribution >= 4 is 23.1 Å². The number of rotatable bonds is 3. The summed E-state index contributed by atoms with van der Waals surface area (Å²) in [5.41, 5.74) is 5.22. The summed E-state index contributed by atoms with van der Waals surface area (Å²) < 4.78 is 0. The molecule has 1 fully saturated rings. The fourth-order valence-corrected chi connectivity index (χ4v) is 3.11. The topological polar surface area (TPSA) is 95.1 Å². The first-order valence-electron chi connectivity index (χ1n) is 6.81. The molecular weight excluding hydrogens is 290 g/mol. The Morgan fingerprint density at radius 2 is 2.05 bits per heavy atom. The number of oxime groups is 1. The Balaban J connectivity index is 1.99. The molecule has 1 amide bonds. The van der Waals surface area contributed by atoms with Gasteiger partial charge in [0.15, 0.2) is 5.84 Å². The van der Waals surface area contributed by atoms with Crippen LogP contribution in [0.1, 0.15) is 28.5 Å². The molecule has 0 aromatic carbocycles. The molecule has 0 bridgehead atoms. The smallest absolute Gasteiger partial charge is 0.265 e. The summed E-state index contributed by atoms with van der Waals surface area (Å²) in [6, 6.07) is 0. The largest absolute Gasteiger partial charge is 0.409 e. The van der Waals surface area contributed by atoms with Crippen LogP contribution in [-0.4, -0.2) is 63.5 Å². The van der Waals surface area contributed by atoms with Crippen molar-refractivity contribution in [1.29, 1.82) is 0 Å².